The van der Waals surface area contributed by atoms with E-state index in [1.165, 1.54) is 31.6 Å². The summed E-state index contributed by atoms with van der Waals surface area (Å²) in [6, 6.07) is 3.84. The SMILES string of the molecule is CN1CCCC(Cc2cn3ccc(N)cc3n2)C1. The number of rotatable bonds is 2. The summed E-state index contributed by atoms with van der Waals surface area (Å²) in [7, 11) is 2.20. The number of hydrogen-bond donors (Lipinski definition) is 1. The molecule has 1 aliphatic rings. The molecule has 3 heterocycles. The molecule has 1 aliphatic heterocycles. The van der Waals surface area contributed by atoms with Gasteiger partial charge in [-0.1, -0.05) is 0 Å². The summed E-state index contributed by atoms with van der Waals surface area (Å²) in [4.78, 5) is 7.08. The highest BCUT2D eigenvalue weighted by Gasteiger charge is 2.18. The predicted molar refractivity (Wildman–Crippen MR) is 73.5 cm³/mol. The van der Waals surface area contributed by atoms with Crippen LogP contribution in [0.3, 0.4) is 0 Å². The average Bonchev–Trinajstić information content (AvgIpc) is 2.70. The lowest BCUT2D eigenvalue weighted by atomic mass is 9.94. The van der Waals surface area contributed by atoms with Crippen LogP contribution in [0.1, 0.15) is 18.5 Å². The number of aromatic nitrogens is 2. The first-order valence-electron chi connectivity index (χ1n) is 6.62. The number of hydrogen-bond acceptors (Lipinski definition) is 3. The first-order valence-corrected chi connectivity index (χ1v) is 6.62. The number of fused-ring (bicyclic) bond motifs is 1. The van der Waals surface area contributed by atoms with Crippen molar-refractivity contribution in [3.05, 3.63) is 30.2 Å². The van der Waals surface area contributed by atoms with E-state index in [0.717, 1.165) is 23.7 Å². The lowest BCUT2D eigenvalue weighted by molar-refractivity contribution is 0.208. The molecule has 18 heavy (non-hydrogen) atoms. The monoisotopic (exact) mass is 244 g/mol. The number of imidazole rings is 1. The third-order valence-electron chi connectivity index (χ3n) is 3.75. The molecule has 96 valence electrons. The molecule has 1 saturated heterocycles. The first kappa shape index (κ1) is 11.5. The van der Waals surface area contributed by atoms with Gasteiger partial charge in [-0.05, 0) is 44.8 Å². The lowest BCUT2D eigenvalue weighted by Crippen LogP contribution is -2.33. The lowest BCUT2D eigenvalue weighted by Gasteiger charge is -2.29. The Morgan fingerprint density at radius 3 is 3.22 bits per heavy atom. The molecule has 0 saturated carbocycles. The summed E-state index contributed by atoms with van der Waals surface area (Å²) in [6.45, 7) is 2.42. The van der Waals surface area contributed by atoms with E-state index in [0.29, 0.717) is 0 Å². The van der Waals surface area contributed by atoms with Gasteiger partial charge in [0.05, 0.1) is 5.69 Å². The van der Waals surface area contributed by atoms with Gasteiger partial charge in [0.25, 0.3) is 0 Å². The highest BCUT2D eigenvalue weighted by atomic mass is 15.1. The van der Waals surface area contributed by atoms with Gasteiger partial charge < -0.3 is 15.0 Å². The van der Waals surface area contributed by atoms with E-state index in [1.807, 2.05) is 18.3 Å². The Morgan fingerprint density at radius 2 is 2.39 bits per heavy atom. The number of anilines is 1. The highest BCUT2D eigenvalue weighted by Crippen LogP contribution is 2.20. The molecular formula is C14H20N4. The van der Waals surface area contributed by atoms with Crippen molar-refractivity contribution in [2.24, 2.45) is 5.92 Å². The standard InChI is InChI=1S/C14H20N4/c1-17-5-2-3-11(9-17)7-13-10-18-6-4-12(15)8-14(18)16-13/h4,6,8,10-11H,2-3,5,7,9,15H2,1H3. The van der Waals surface area contributed by atoms with Crippen molar-refractivity contribution < 1.29 is 0 Å². The Labute approximate surface area is 107 Å². The quantitative estimate of drug-likeness (QED) is 0.876. The van der Waals surface area contributed by atoms with Crippen LogP contribution in [0.4, 0.5) is 5.69 Å². The Balaban J connectivity index is 1.78. The fourth-order valence-corrected chi connectivity index (χ4v) is 2.88. The fraction of sp³-hybridized carbons (Fsp3) is 0.500. The smallest absolute Gasteiger partial charge is 0.139 e. The van der Waals surface area contributed by atoms with Crippen molar-refractivity contribution in [2.45, 2.75) is 19.3 Å². The van der Waals surface area contributed by atoms with Crippen LogP contribution in [0.2, 0.25) is 0 Å². The summed E-state index contributed by atoms with van der Waals surface area (Å²) >= 11 is 0. The van der Waals surface area contributed by atoms with E-state index in [2.05, 4.69) is 27.5 Å². The van der Waals surface area contributed by atoms with Crippen LogP contribution >= 0.6 is 0 Å². The molecule has 0 aliphatic carbocycles. The minimum Gasteiger partial charge on any atom is -0.399 e. The van der Waals surface area contributed by atoms with Crippen molar-refractivity contribution in [1.82, 2.24) is 14.3 Å². The molecule has 2 aromatic rings. The second kappa shape index (κ2) is 4.61. The maximum Gasteiger partial charge on any atom is 0.139 e. The van der Waals surface area contributed by atoms with Gasteiger partial charge in [-0.2, -0.15) is 0 Å². The van der Waals surface area contributed by atoms with E-state index in [9.17, 15) is 0 Å². The van der Waals surface area contributed by atoms with Crippen molar-refractivity contribution >= 4 is 11.3 Å². The van der Waals surface area contributed by atoms with Crippen molar-refractivity contribution in [1.29, 1.82) is 0 Å². The molecule has 0 spiro atoms. The van der Waals surface area contributed by atoms with E-state index in [1.54, 1.807) is 0 Å². The number of piperidine rings is 1. The molecule has 4 heteroatoms. The molecule has 0 amide bonds. The zero-order valence-corrected chi connectivity index (χ0v) is 10.8. The predicted octanol–water partition coefficient (Wildman–Crippen LogP) is 1.80. The summed E-state index contributed by atoms with van der Waals surface area (Å²) in [5.74, 6) is 0.742. The van der Waals surface area contributed by atoms with E-state index in [-0.39, 0.29) is 0 Å². The molecule has 1 unspecified atom stereocenters. The van der Waals surface area contributed by atoms with E-state index < -0.39 is 0 Å². The molecule has 1 atom stereocenters. The van der Waals surface area contributed by atoms with Crippen LogP contribution in [-0.2, 0) is 6.42 Å². The first-order chi connectivity index (χ1) is 8.70. The van der Waals surface area contributed by atoms with Gasteiger partial charge in [0.15, 0.2) is 0 Å². The number of likely N-dealkylation sites (tertiary alicyclic amines) is 1. The second-order valence-electron chi connectivity index (χ2n) is 5.43. The second-order valence-corrected chi connectivity index (χ2v) is 5.43. The van der Waals surface area contributed by atoms with Crippen molar-refractivity contribution in [3.8, 4) is 0 Å². The zero-order chi connectivity index (χ0) is 12.5. The molecular weight excluding hydrogens is 224 g/mol. The Bertz CT molecular complexity index is 546. The van der Waals surface area contributed by atoms with Crippen LogP contribution in [-0.4, -0.2) is 34.4 Å². The molecule has 2 aromatic heterocycles. The Morgan fingerprint density at radius 1 is 1.50 bits per heavy atom. The van der Waals surface area contributed by atoms with Crippen molar-refractivity contribution in [3.63, 3.8) is 0 Å². The van der Waals surface area contributed by atoms with E-state index in [4.69, 9.17) is 5.73 Å². The fourth-order valence-electron chi connectivity index (χ4n) is 2.88. The molecule has 3 rings (SSSR count). The summed E-state index contributed by atoms with van der Waals surface area (Å²) in [5, 5.41) is 0. The van der Waals surface area contributed by atoms with Gasteiger partial charge in [-0.3, -0.25) is 0 Å². The molecule has 1 fully saturated rings. The van der Waals surface area contributed by atoms with Crippen LogP contribution < -0.4 is 5.73 Å². The summed E-state index contributed by atoms with van der Waals surface area (Å²) in [6.07, 6.45) is 7.81. The molecule has 2 N–H and O–H groups in total. The third kappa shape index (κ3) is 2.34. The third-order valence-corrected chi connectivity index (χ3v) is 3.75. The number of nitrogen functional groups attached to an aromatic ring is 1. The van der Waals surface area contributed by atoms with Gasteiger partial charge in [0.1, 0.15) is 5.65 Å². The highest BCUT2D eigenvalue weighted by molar-refractivity contribution is 5.52. The van der Waals surface area contributed by atoms with E-state index >= 15 is 0 Å². The summed E-state index contributed by atoms with van der Waals surface area (Å²) < 4.78 is 2.05. The van der Waals surface area contributed by atoms with Crippen LogP contribution in [0.15, 0.2) is 24.5 Å². The maximum atomic E-state index is 5.78. The Kier molecular flexibility index (Phi) is 2.96. The molecule has 0 radical (unpaired) electrons. The topological polar surface area (TPSA) is 46.6 Å². The average molecular weight is 244 g/mol. The van der Waals surface area contributed by atoms with Crippen LogP contribution in [0.25, 0.3) is 5.65 Å². The van der Waals surface area contributed by atoms with Gasteiger partial charge in [-0.25, -0.2) is 4.98 Å². The van der Waals surface area contributed by atoms with Crippen LogP contribution in [0, 0.1) is 5.92 Å². The molecule has 0 bridgehead atoms. The van der Waals surface area contributed by atoms with Gasteiger partial charge in [-0.15, -0.1) is 0 Å². The van der Waals surface area contributed by atoms with Gasteiger partial charge in [0, 0.05) is 30.7 Å². The number of pyridine rings is 1. The largest absolute Gasteiger partial charge is 0.399 e. The number of nitrogens with two attached hydrogens (primary N) is 1. The minimum atomic E-state index is 0.742. The molecule has 4 nitrogen and oxygen atoms in total. The van der Waals surface area contributed by atoms with Gasteiger partial charge in [0.2, 0.25) is 0 Å². The molecule has 0 aromatic carbocycles. The Hall–Kier alpha value is -1.55. The van der Waals surface area contributed by atoms with Crippen LogP contribution in [0.5, 0.6) is 0 Å². The normalized spacial score (nSPS) is 21.5. The maximum absolute atomic E-state index is 5.78. The van der Waals surface area contributed by atoms with Crippen molar-refractivity contribution in [2.75, 3.05) is 25.9 Å². The number of nitrogens with zero attached hydrogens (tertiary/aromatic N) is 3. The zero-order valence-electron chi connectivity index (χ0n) is 10.8. The summed E-state index contributed by atoms with van der Waals surface area (Å²) in [5.41, 5.74) is 8.68. The minimum absolute atomic E-state index is 0.742. The van der Waals surface area contributed by atoms with Gasteiger partial charge >= 0.3 is 0 Å².